The van der Waals surface area contributed by atoms with E-state index in [4.69, 9.17) is 16.6 Å². The van der Waals surface area contributed by atoms with E-state index < -0.39 is 0 Å². The zero-order chi connectivity index (χ0) is 14.8. The summed E-state index contributed by atoms with van der Waals surface area (Å²) in [6, 6.07) is 8.99. The van der Waals surface area contributed by atoms with Crippen molar-refractivity contribution in [1.82, 2.24) is 9.55 Å². The number of nitrogens with zero attached hydrogens (tertiary/aromatic N) is 2. The molecular formula is C18H25ClN2. The van der Waals surface area contributed by atoms with Gasteiger partial charge in [0.15, 0.2) is 0 Å². The lowest BCUT2D eigenvalue weighted by molar-refractivity contribution is 0.243. The molecule has 114 valence electrons. The van der Waals surface area contributed by atoms with Gasteiger partial charge in [-0.15, -0.1) is 11.6 Å². The minimum Gasteiger partial charge on any atom is -0.323 e. The molecule has 1 heterocycles. The Balaban J connectivity index is 2.09. The molecule has 0 N–H and O–H groups in total. The first-order valence-corrected chi connectivity index (χ1v) is 8.77. The zero-order valence-electron chi connectivity index (χ0n) is 13.1. The van der Waals surface area contributed by atoms with E-state index in [1.165, 1.54) is 37.6 Å². The summed E-state index contributed by atoms with van der Waals surface area (Å²) >= 11 is 6.44. The molecule has 1 aliphatic carbocycles. The number of hydrogen-bond donors (Lipinski definition) is 0. The van der Waals surface area contributed by atoms with Crippen LogP contribution in [-0.2, 0) is 0 Å². The molecule has 0 bridgehead atoms. The Labute approximate surface area is 132 Å². The summed E-state index contributed by atoms with van der Waals surface area (Å²) in [5, 5.41) is -0.0463. The molecular weight excluding hydrogens is 280 g/mol. The van der Waals surface area contributed by atoms with Gasteiger partial charge in [-0.25, -0.2) is 4.98 Å². The van der Waals surface area contributed by atoms with Gasteiger partial charge in [0.1, 0.15) is 5.82 Å². The van der Waals surface area contributed by atoms with Crippen LogP contribution in [0.25, 0.3) is 11.0 Å². The molecule has 0 aliphatic heterocycles. The largest absolute Gasteiger partial charge is 0.323 e. The van der Waals surface area contributed by atoms with Crippen LogP contribution >= 0.6 is 11.6 Å². The molecule has 0 spiro atoms. The average molecular weight is 305 g/mol. The minimum absolute atomic E-state index is 0.0463. The fraction of sp³-hybridized carbons (Fsp3) is 0.611. The van der Waals surface area contributed by atoms with Crippen LogP contribution in [0.5, 0.6) is 0 Å². The summed E-state index contributed by atoms with van der Waals surface area (Å²) in [6.45, 7) is 4.34. The highest BCUT2D eigenvalue weighted by atomic mass is 35.5. The molecule has 1 fully saturated rings. The summed E-state index contributed by atoms with van der Waals surface area (Å²) < 4.78 is 2.45. The van der Waals surface area contributed by atoms with Gasteiger partial charge in [-0.3, -0.25) is 0 Å². The van der Waals surface area contributed by atoms with Gasteiger partial charge in [-0.1, -0.05) is 38.3 Å². The van der Waals surface area contributed by atoms with Crippen molar-refractivity contribution in [2.75, 3.05) is 0 Å². The number of fused-ring (bicyclic) bond motifs is 1. The SMILES string of the molecule is CCC(C1CCCCC1)n1c(C(C)Cl)nc2ccccc21. The van der Waals surface area contributed by atoms with Gasteiger partial charge in [0, 0.05) is 6.04 Å². The third kappa shape index (κ3) is 2.83. The normalized spacial score (nSPS) is 19.8. The van der Waals surface area contributed by atoms with Gasteiger partial charge in [0.05, 0.1) is 16.4 Å². The maximum atomic E-state index is 6.44. The Morgan fingerprint density at radius 3 is 2.62 bits per heavy atom. The van der Waals surface area contributed by atoms with E-state index in [2.05, 4.69) is 35.8 Å². The van der Waals surface area contributed by atoms with Crippen molar-refractivity contribution >= 4 is 22.6 Å². The summed E-state index contributed by atoms with van der Waals surface area (Å²) in [5.41, 5.74) is 2.33. The van der Waals surface area contributed by atoms with Crippen molar-refractivity contribution in [3.05, 3.63) is 30.1 Å². The monoisotopic (exact) mass is 304 g/mol. The van der Waals surface area contributed by atoms with E-state index in [-0.39, 0.29) is 5.38 Å². The Bertz CT molecular complexity index is 596. The predicted octanol–water partition coefficient (Wildman–Crippen LogP) is 5.87. The highest BCUT2D eigenvalue weighted by Crippen LogP contribution is 2.39. The van der Waals surface area contributed by atoms with Gasteiger partial charge in [0.2, 0.25) is 0 Å². The van der Waals surface area contributed by atoms with Crippen LogP contribution in [0.15, 0.2) is 24.3 Å². The van der Waals surface area contributed by atoms with Crippen LogP contribution in [0.4, 0.5) is 0 Å². The van der Waals surface area contributed by atoms with Crippen molar-refractivity contribution in [2.45, 2.75) is 63.8 Å². The second kappa shape index (κ2) is 6.39. The smallest absolute Gasteiger partial charge is 0.127 e. The highest BCUT2D eigenvalue weighted by molar-refractivity contribution is 6.20. The molecule has 3 heteroatoms. The fourth-order valence-corrected chi connectivity index (χ4v) is 4.09. The van der Waals surface area contributed by atoms with Crippen LogP contribution in [0.1, 0.15) is 69.6 Å². The molecule has 2 atom stereocenters. The molecule has 1 aromatic carbocycles. The Kier molecular flexibility index (Phi) is 4.54. The summed E-state index contributed by atoms with van der Waals surface area (Å²) in [6.07, 6.45) is 8.00. The average Bonchev–Trinajstić information content (AvgIpc) is 2.89. The van der Waals surface area contributed by atoms with Crippen LogP contribution < -0.4 is 0 Å². The lowest BCUT2D eigenvalue weighted by Crippen LogP contribution is -2.23. The minimum atomic E-state index is -0.0463. The molecule has 2 nitrogen and oxygen atoms in total. The third-order valence-corrected chi connectivity index (χ3v) is 5.12. The van der Waals surface area contributed by atoms with Gasteiger partial charge >= 0.3 is 0 Å². The van der Waals surface area contributed by atoms with E-state index in [9.17, 15) is 0 Å². The van der Waals surface area contributed by atoms with Crippen molar-refractivity contribution in [2.24, 2.45) is 5.92 Å². The molecule has 21 heavy (non-hydrogen) atoms. The number of aromatic nitrogens is 2. The number of halogens is 1. The molecule has 1 aliphatic rings. The maximum absolute atomic E-state index is 6.44. The zero-order valence-corrected chi connectivity index (χ0v) is 13.8. The third-order valence-electron chi connectivity index (χ3n) is 4.92. The number of para-hydroxylation sites is 2. The Morgan fingerprint density at radius 2 is 1.95 bits per heavy atom. The Morgan fingerprint density at radius 1 is 1.24 bits per heavy atom. The second-order valence-corrected chi connectivity index (χ2v) is 6.97. The van der Waals surface area contributed by atoms with Gasteiger partial charge in [-0.2, -0.15) is 0 Å². The van der Waals surface area contributed by atoms with Gasteiger partial charge in [0.25, 0.3) is 0 Å². The number of imidazole rings is 1. The van der Waals surface area contributed by atoms with Crippen LogP contribution in [-0.4, -0.2) is 9.55 Å². The van der Waals surface area contributed by atoms with Crippen molar-refractivity contribution in [3.8, 4) is 0 Å². The fourth-order valence-electron chi connectivity index (χ4n) is 3.94. The van der Waals surface area contributed by atoms with E-state index >= 15 is 0 Å². The highest BCUT2D eigenvalue weighted by Gasteiger charge is 2.28. The second-order valence-electron chi connectivity index (χ2n) is 6.32. The summed E-state index contributed by atoms with van der Waals surface area (Å²) in [4.78, 5) is 4.81. The predicted molar refractivity (Wildman–Crippen MR) is 89.9 cm³/mol. The van der Waals surface area contributed by atoms with Crippen LogP contribution in [0.3, 0.4) is 0 Å². The molecule has 0 radical (unpaired) electrons. The molecule has 1 saturated carbocycles. The standard InChI is InChI=1S/C18H25ClN2/c1-3-16(14-9-5-4-6-10-14)21-17-12-8-7-11-15(17)20-18(21)13(2)19/h7-8,11-14,16H,3-6,9-10H2,1-2H3. The van der Waals surface area contributed by atoms with E-state index in [1.54, 1.807) is 0 Å². The van der Waals surface area contributed by atoms with E-state index in [0.717, 1.165) is 23.7 Å². The molecule has 0 saturated heterocycles. The van der Waals surface area contributed by atoms with Crippen molar-refractivity contribution in [1.29, 1.82) is 0 Å². The first kappa shape index (κ1) is 14.9. The van der Waals surface area contributed by atoms with Crippen LogP contribution in [0, 0.1) is 5.92 Å². The quantitative estimate of drug-likeness (QED) is 0.646. The van der Waals surface area contributed by atoms with Crippen LogP contribution in [0.2, 0.25) is 0 Å². The van der Waals surface area contributed by atoms with Gasteiger partial charge < -0.3 is 4.57 Å². The lowest BCUT2D eigenvalue weighted by Gasteiger charge is -2.32. The number of hydrogen-bond acceptors (Lipinski definition) is 1. The number of benzene rings is 1. The summed E-state index contributed by atoms with van der Waals surface area (Å²) in [7, 11) is 0. The maximum Gasteiger partial charge on any atom is 0.127 e. The first-order chi connectivity index (χ1) is 10.2. The Hall–Kier alpha value is -1.02. The van der Waals surface area contributed by atoms with Gasteiger partial charge in [-0.05, 0) is 44.2 Å². The van der Waals surface area contributed by atoms with Crippen molar-refractivity contribution < 1.29 is 0 Å². The summed E-state index contributed by atoms with van der Waals surface area (Å²) in [5.74, 6) is 1.81. The lowest BCUT2D eigenvalue weighted by atomic mass is 9.82. The molecule has 1 aromatic heterocycles. The number of alkyl halides is 1. The first-order valence-electron chi connectivity index (χ1n) is 8.33. The van der Waals surface area contributed by atoms with Crippen molar-refractivity contribution in [3.63, 3.8) is 0 Å². The molecule has 3 rings (SSSR count). The molecule has 2 unspecified atom stereocenters. The molecule has 2 aromatic rings. The molecule has 0 amide bonds. The van der Waals surface area contributed by atoms with E-state index in [0.29, 0.717) is 6.04 Å². The number of rotatable bonds is 4. The topological polar surface area (TPSA) is 17.8 Å². The van der Waals surface area contributed by atoms with E-state index in [1.807, 2.05) is 6.92 Å².